The van der Waals surface area contributed by atoms with Gasteiger partial charge in [0.05, 0.1) is 22.8 Å². The van der Waals surface area contributed by atoms with Crippen molar-refractivity contribution in [2.24, 2.45) is 0 Å². The van der Waals surface area contributed by atoms with E-state index in [9.17, 15) is 13.2 Å². The summed E-state index contributed by atoms with van der Waals surface area (Å²) in [5, 5.41) is 9.46. The second-order valence-corrected chi connectivity index (χ2v) is 7.42. The molecule has 0 radical (unpaired) electrons. The molecule has 3 aromatic rings. The number of rotatable bonds is 5. The molecule has 0 bridgehead atoms. The van der Waals surface area contributed by atoms with Crippen molar-refractivity contribution in [2.75, 3.05) is 6.26 Å². The van der Waals surface area contributed by atoms with E-state index in [1.807, 2.05) is 30.3 Å². The van der Waals surface area contributed by atoms with Crippen molar-refractivity contribution in [2.45, 2.75) is 11.4 Å². The number of nitrogens with zero attached hydrogens (tertiary/aromatic N) is 2. The van der Waals surface area contributed by atoms with Crippen LogP contribution in [-0.2, 0) is 16.4 Å². The Morgan fingerprint density at radius 2 is 1.92 bits per heavy atom. The van der Waals surface area contributed by atoms with Crippen LogP contribution in [0.25, 0.3) is 11.3 Å². The van der Waals surface area contributed by atoms with Crippen LogP contribution in [0.3, 0.4) is 0 Å². The third-order valence-corrected chi connectivity index (χ3v) is 4.73. The summed E-state index contributed by atoms with van der Waals surface area (Å²) in [5.41, 5.74) is 2.12. The van der Waals surface area contributed by atoms with E-state index in [0.29, 0.717) is 11.4 Å². The normalized spacial score (nSPS) is 11.2. The average Bonchev–Trinajstić information content (AvgIpc) is 3.10. The molecule has 2 heterocycles. The molecule has 0 aliphatic carbocycles. The Morgan fingerprint density at radius 3 is 2.64 bits per heavy atom. The molecular weight excluding hydrogens is 340 g/mol. The number of carbonyl (C=O) groups is 1. The van der Waals surface area contributed by atoms with Gasteiger partial charge in [0, 0.05) is 18.0 Å². The van der Waals surface area contributed by atoms with Gasteiger partial charge in [-0.25, -0.2) is 8.42 Å². The maximum absolute atomic E-state index is 12.3. The first-order valence-corrected chi connectivity index (χ1v) is 9.37. The third-order valence-electron chi connectivity index (χ3n) is 3.56. The number of aromatic nitrogens is 3. The van der Waals surface area contributed by atoms with Gasteiger partial charge in [0.15, 0.2) is 9.84 Å². The van der Waals surface area contributed by atoms with E-state index in [4.69, 9.17) is 0 Å². The first-order chi connectivity index (χ1) is 11.9. The second-order valence-electron chi connectivity index (χ2n) is 5.44. The maximum atomic E-state index is 12.3. The number of hydrogen-bond donors (Lipinski definition) is 2. The number of H-pyrrole nitrogens is 1. The van der Waals surface area contributed by atoms with Crippen molar-refractivity contribution < 1.29 is 13.2 Å². The van der Waals surface area contributed by atoms with Crippen LogP contribution in [0.2, 0.25) is 0 Å². The zero-order chi connectivity index (χ0) is 17.9. The largest absolute Gasteiger partial charge is 0.345 e. The first-order valence-electron chi connectivity index (χ1n) is 7.48. The van der Waals surface area contributed by atoms with Gasteiger partial charge in [0.25, 0.3) is 5.91 Å². The molecule has 1 amide bonds. The highest BCUT2D eigenvalue weighted by molar-refractivity contribution is 7.90. The van der Waals surface area contributed by atoms with Crippen molar-refractivity contribution in [1.29, 1.82) is 0 Å². The second kappa shape index (κ2) is 6.86. The topological polar surface area (TPSA) is 105 Å². The molecule has 128 valence electrons. The first kappa shape index (κ1) is 16.8. The van der Waals surface area contributed by atoms with Crippen molar-refractivity contribution in [3.8, 4) is 11.3 Å². The van der Waals surface area contributed by atoms with Crippen LogP contribution in [0, 0.1) is 0 Å². The quantitative estimate of drug-likeness (QED) is 0.725. The highest BCUT2D eigenvalue weighted by Gasteiger charge is 2.16. The minimum atomic E-state index is -3.41. The molecule has 0 unspecified atom stereocenters. The number of nitrogens with one attached hydrogen (secondary N) is 2. The van der Waals surface area contributed by atoms with Crippen molar-refractivity contribution in [1.82, 2.24) is 20.5 Å². The monoisotopic (exact) mass is 356 g/mol. The molecule has 0 aliphatic heterocycles. The molecule has 0 spiro atoms. The van der Waals surface area contributed by atoms with Gasteiger partial charge < -0.3 is 5.32 Å². The average molecular weight is 356 g/mol. The summed E-state index contributed by atoms with van der Waals surface area (Å²) >= 11 is 0. The smallest absolute Gasteiger partial charge is 0.269 e. The predicted molar refractivity (Wildman–Crippen MR) is 92.5 cm³/mol. The lowest BCUT2D eigenvalue weighted by Crippen LogP contribution is -2.24. The van der Waals surface area contributed by atoms with E-state index in [-0.39, 0.29) is 23.0 Å². The summed E-state index contributed by atoms with van der Waals surface area (Å²) in [6.07, 6.45) is 2.59. The summed E-state index contributed by atoms with van der Waals surface area (Å²) in [6, 6.07) is 14.1. The number of carbonyl (C=O) groups excluding carboxylic acids is 1. The molecule has 2 aromatic heterocycles. The minimum absolute atomic E-state index is 0.00175. The van der Waals surface area contributed by atoms with Gasteiger partial charge in [-0.15, -0.1) is 0 Å². The van der Waals surface area contributed by atoms with Gasteiger partial charge in [-0.1, -0.05) is 30.3 Å². The number of pyridine rings is 1. The zero-order valence-electron chi connectivity index (χ0n) is 13.4. The van der Waals surface area contributed by atoms with Crippen molar-refractivity contribution in [3.05, 3.63) is 66.1 Å². The Balaban J connectivity index is 1.73. The number of amides is 1. The van der Waals surface area contributed by atoms with Gasteiger partial charge in [-0.3, -0.25) is 14.9 Å². The van der Waals surface area contributed by atoms with Gasteiger partial charge >= 0.3 is 0 Å². The minimum Gasteiger partial charge on any atom is -0.345 e. The molecule has 0 atom stereocenters. The fourth-order valence-corrected chi connectivity index (χ4v) is 3.23. The van der Waals surface area contributed by atoms with Crippen LogP contribution in [0.15, 0.2) is 59.6 Å². The Morgan fingerprint density at radius 1 is 1.16 bits per heavy atom. The standard InChI is InChI=1S/C17H16N4O3S/c1-25(23,24)16-8-5-9-18-15(16)11-19-17(22)14-10-13(20-21-14)12-6-3-2-4-7-12/h2-10H,11H2,1H3,(H,19,22)(H,20,21). The molecule has 3 rings (SSSR count). The molecule has 1 aromatic carbocycles. The molecule has 0 saturated heterocycles. The third kappa shape index (κ3) is 3.92. The van der Waals surface area contributed by atoms with E-state index < -0.39 is 9.84 Å². The lowest BCUT2D eigenvalue weighted by atomic mass is 10.1. The Labute approximate surface area is 145 Å². The predicted octanol–water partition coefficient (Wildman–Crippen LogP) is 1.81. The Hall–Kier alpha value is -3.00. The van der Waals surface area contributed by atoms with Gasteiger partial charge in [-0.2, -0.15) is 5.10 Å². The fraction of sp³-hybridized carbons (Fsp3) is 0.118. The number of sulfone groups is 1. The SMILES string of the molecule is CS(=O)(=O)c1cccnc1CNC(=O)c1cc(-c2ccccc2)n[nH]1. The number of hydrogen-bond acceptors (Lipinski definition) is 5. The molecule has 25 heavy (non-hydrogen) atoms. The number of aromatic amines is 1. The van der Waals surface area contributed by atoms with Crippen LogP contribution in [0.4, 0.5) is 0 Å². The molecule has 0 fully saturated rings. The highest BCUT2D eigenvalue weighted by atomic mass is 32.2. The summed E-state index contributed by atoms with van der Waals surface area (Å²) in [7, 11) is -3.41. The van der Waals surface area contributed by atoms with E-state index in [1.54, 1.807) is 12.1 Å². The summed E-state index contributed by atoms with van der Waals surface area (Å²) < 4.78 is 23.5. The van der Waals surface area contributed by atoms with E-state index in [1.165, 1.54) is 12.3 Å². The maximum Gasteiger partial charge on any atom is 0.269 e. The summed E-state index contributed by atoms with van der Waals surface area (Å²) in [5.74, 6) is -0.389. The zero-order valence-corrected chi connectivity index (χ0v) is 14.2. The molecule has 0 aliphatic rings. The number of benzene rings is 1. The molecular formula is C17H16N4O3S. The van der Waals surface area contributed by atoms with Gasteiger partial charge in [0.2, 0.25) is 0 Å². The van der Waals surface area contributed by atoms with E-state index >= 15 is 0 Å². The molecule has 0 saturated carbocycles. The van der Waals surface area contributed by atoms with Crippen LogP contribution in [0.1, 0.15) is 16.2 Å². The molecule has 2 N–H and O–H groups in total. The lowest BCUT2D eigenvalue weighted by molar-refractivity contribution is 0.0945. The van der Waals surface area contributed by atoms with Crippen LogP contribution < -0.4 is 5.32 Å². The Kier molecular flexibility index (Phi) is 4.62. The lowest BCUT2D eigenvalue weighted by Gasteiger charge is -2.07. The summed E-state index contributed by atoms with van der Waals surface area (Å²) in [6.45, 7) is 0.00175. The van der Waals surface area contributed by atoms with Crippen LogP contribution in [0.5, 0.6) is 0 Å². The van der Waals surface area contributed by atoms with Crippen molar-refractivity contribution in [3.63, 3.8) is 0 Å². The van der Waals surface area contributed by atoms with Crippen LogP contribution >= 0.6 is 0 Å². The van der Waals surface area contributed by atoms with Gasteiger partial charge in [-0.05, 0) is 18.2 Å². The Bertz CT molecular complexity index is 997. The van der Waals surface area contributed by atoms with E-state index in [0.717, 1.165) is 11.8 Å². The molecule has 8 heteroatoms. The molecule has 7 nitrogen and oxygen atoms in total. The van der Waals surface area contributed by atoms with E-state index in [2.05, 4.69) is 20.5 Å². The highest BCUT2D eigenvalue weighted by Crippen LogP contribution is 2.17. The van der Waals surface area contributed by atoms with Gasteiger partial charge in [0.1, 0.15) is 5.69 Å². The van der Waals surface area contributed by atoms with Crippen LogP contribution in [-0.4, -0.2) is 35.8 Å². The summed E-state index contributed by atoms with van der Waals surface area (Å²) in [4.78, 5) is 16.4. The van der Waals surface area contributed by atoms with Crippen molar-refractivity contribution >= 4 is 15.7 Å². The fourth-order valence-electron chi connectivity index (χ4n) is 2.35.